The number of rotatable bonds is 15. The zero-order valence-electron chi connectivity index (χ0n) is 16.7. The summed E-state index contributed by atoms with van der Waals surface area (Å²) in [6.45, 7) is 4.00. The third-order valence-corrected chi connectivity index (χ3v) is 4.70. The van der Waals surface area contributed by atoms with Crippen molar-refractivity contribution in [1.82, 2.24) is 4.90 Å². The first-order valence-electron chi connectivity index (χ1n) is 9.37. The molecule has 2 atom stereocenters. The molecule has 0 rings (SSSR count). The minimum absolute atomic E-state index is 0.144. The molecule has 0 aromatic carbocycles. The van der Waals surface area contributed by atoms with Crippen molar-refractivity contribution in [3.8, 4) is 0 Å². The quantitative estimate of drug-likeness (QED) is 0.159. The highest BCUT2D eigenvalue weighted by Crippen LogP contribution is 2.41. The van der Waals surface area contributed by atoms with E-state index in [0.29, 0.717) is 6.42 Å². The van der Waals surface area contributed by atoms with Gasteiger partial charge in [0.2, 0.25) is 0 Å². The number of phosphoric ester groups is 1. The summed E-state index contributed by atoms with van der Waals surface area (Å²) in [5.74, 6) is -0.782. The van der Waals surface area contributed by atoms with Gasteiger partial charge in [0.15, 0.2) is 0 Å². The first-order chi connectivity index (χ1) is 12.2. The summed E-state index contributed by atoms with van der Waals surface area (Å²) in [5.41, 5.74) is 0. The Morgan fingerprint density at radius 2 is 1.42 bits per heavy atom. The Hall–Kier alpha value is -0.500. The normalized spacial score (nSPS) is 14.4. The van der Waals surface area contributed by atoms with Crippen molar-refractivity contribution in [2.45, 2.75) is 84.1 Å². The minimum atomic E-state index is -4.19. The number of hydrogen-bond donors (Lipinski definition) is 3. The number of hydrogen-bond acceptors (Lipinski definition) is 6. The molecule has 3 N–H and O–H groups in total. The molecule has 0 saturated heterocycles. The van der Waals surface area contributed by atoms with Gasteiger partial charge in [0, 0.05) is 0 Å². The summed E-state index contributed by atoms with van der Waals surface area (Å²) >= 11 is 0. The second-order valence-corrected chi connectivity index (χ2v) is 7.90. The molecule has 0 aliphatic rings. The maximum absolute atomic E-state index is 10.7. The minimum Gasteiger partial charge on any atom is -0.480 e. The smallest absolute Gasteiger partial charge is 0.480 e. The number of unbranched alkanes of at least 4 members (excludes halogenated alkanes) is 9. The van der Waals surface area contributed by atoms with Gasteiger partial charge < -0.3 is 10.00 Å². The van der Waals surface area contributed by atoms with Crippen molar-refractivity contribution in [3.63, 3.8) is 0 Å². The molecular weight excluding hydrogens is 361 g/mol. The summed E-state index contributed by atoms with van der Waals surface area (Å²) in [6.07, 6.45) is 11.9. The first-order valence-corrected chi connectivity index (χ1v) is 10.9. The lowest BCUT2D eigenvalue weighted by molar-refractivity contribution is -0.162. The van der Waals surface area contributed by atoms with E-state index in [0.717, 1.165) is 12.8 Å². The molecule has 0 bridgehead atoms. The van der Waals surface area contributed by atoms with Crippen LogP contribution in [0.4, 0.5) is 0 Å². The van der Waals surface area contributed by atoms with Crippen molar-refractivity contribution in [3.05, 3.63) is 0 Å². The van der Waals surface area contributed by atoms with Crippen LogP contribution < -0.4 is 0 Å². The SMILES string of the molecule is CC(C(=O)O)N(C)C.CCCCCCCCCCCCOP(=O)(O)OO. The van der Waals surface area contributed by atoms with Gasteiger partial charge in [-0.2, -0.15) is 0 Å². The number of likely N-dealkylation sites (N-methyl/N-ethyl adjacent to an activating group) is 1. The number of carboxylic acids is 1. The van der Waals surface area contributed by atoms with E-state index in [4.69, 9.17) is 15.3 Å². The lowest BCUT2D eigenvalue weighted by Gasteiger charge is -2.13. The van der Waals surface area contributed by atoms with Crippen LogP contribution in [0.5, 0.6) is 0 Å². The van der Waals surface area contributed by atoms with E-state index >= 15 is 0 Å². The molecule has 2 unspecified atom stereocenters. The van der Waals surface area contributed by atoms with Gasteiger partial charge >= 0.3 is 13.8 Å². The van der Waals surface area contributed by atoms with E-state index in [1.165, 1.54) is 44.9 Å². The second-order valence-electron chi connectivity index (χ2n) is 6.54. The van der Waals surface area contributed by atoms with Gasteiger partial charge in [0.1, 0.15) is 6.04 Å². The monoisotopic (exact) mass is 399 g/mol. The van der Waals surface area contributed by atoms with Gasteiger partial charge in [0.25, 0.3) is 0 Å². The molecule has 0 fully saturated rings. The molecule has 8 nitrogen and oxygen atoms in total. The Labute approximate surface area is 158 Å². The van der Waals surface area contributed by atoms with E-state index in [9.17, 15) is 9.36 Å². The zero-order valence-corrected chi connectivity index (χ0v) is 17.6. The average molecular weight is 399 g/mol. The highest BCUT2D eigenvalue weighted by atomic mass is 31.2. The number of aliphatic carboxylic acids is 1. The molecule has 0 radical (unpaired) electrons. The predicted molar refractivity (Wildman–Crippen MR) is 102 cm³/mol. The second kappa shape index (κ2) is 17.9. The third-order valence-electron chi connectivity index (χ3n) is 3.99. The van der Waals surface area contributed by atoms with Crippen LogP contribution in [0.3, 0.4) is 0 Å². The van der Waals surface area contributed by atoms with Crippen LogP contribution in [0.15, 0.2) is 0 Å². The van der Waals surface area contributed by atoms with Crippen molar-refractivity contribution < 1.29 is 33.8 Å². The summed E-state index contributed by atoms with van der Waals surface area (Å²) in [4.78, 5) is 20.5. The number of carboxylic acid groups (broad SMARTS) is 1. The molecule has 0 aliphatic carbocycles. The fourth-order valence-corrected chi connectivity index (χ4v) is 2.42. The Bertz CT molecular complexity index is 380. The molecule has 0 aliphatic heterocycles. The molecular formula is C17H38NO7P. The van der Waals surface area contributed by atoms with Crippen molar-refractivity contribution in [2.75, 3.05) is 20.7 Å². The molecule has 26 heavy (non-hydrogen) atoms. The fraction of sp³-hybridized carbons (Fsp3) is 0.941. The fourth-order valence-electron chi connectivity index (χ4n) is 2.01. The Morgan fingerprint density at radius 1 is 1.00 bits per heavy atom. The molecule has 0 spiro atoms. The van der Waals surface area contributed by atoms with Gasteiger partial charge in [-0.15, -0.1) is 4.67 Å². The zero-order chi connectivity index (χ0) is 20.4. The van der Waals surface area contributed by atoms with Crippen LogP contribution in [0, 0.1) is 0 Å². The predicted octanol–water partition coefficient (Wildman–Crippen LogP) is 4.54. The van der Waals surface area contributed by atoms with Crippen molar-refractivity contribution >= 4 is 13.8 Å². The van der Waals surface area contributed by atoms with Crippen LogP contribution in [0.2, 0.25) is 0 Å². The summed E-state index contributed by atoms with van der Waals surface area (Å²) in [6, 6.07) is -0.380. The molecule has 0 heterocycles. The maximum Gasteiger partial charge on any atom is 0.499 e. The van der Waals surface area contributed by atoms with Crippen molar-refractivity contribution in [1.29, 1.82) is 0 Å². The van der Waals surface area contributed by atoms with Crippen LogP contribution in [0.25, 0.3) is 0 Å². The van der Waals surface area contributed by atoms with Gasteiger partial charge in [-0.1, -0.05) is 64.7 Å². The summed E-state index contributed by atoms with van der Waals surface area (Å²) < 4.78 is 18.5. The van der Waals surface area contributed by atoms with Crippen LogP contribution in [-0.2, 0) is 18.6 Å². The Balaban J connectivity index is 0. The van der Waals surface area contributed by atoms with Gasteiger partial charge in [-0.25, -0.2) is 9.82 Å². The molecule has 0 aromatic rings. The van der Waals surface area contributed by atoms with Crippen LogP contribution in [0.1, 0.15) is 78.1 Å². The lowest BCUT2D eigenvalue weighted by atomic mass is 10.1. The Kier molecular flexibility index (Phi) is 19.1. The van der Waals surface area contributed by atoms with Gasteiger partial charge in [0.05, 0.1) is 6.61 Å². The third kappa shape index (κ3) is 19.8. The maximum atomic E-state index is 10.7. The van der Waals surface area contributed by atoms with E-state index < -0.39 is 13.8 Å². The molecule has 0 saturated carbocycles. The highest BCUT2D eigenvalue weighted by molar-refractivity contribution is 7.47. The number of nitrogens with zero attached hydrogens (tertiary/aromatic N) is 1. The molecule has 0 aromatic heterocycles. The van der Waals surface area contributed by atoms with E-state index in [1.54, 1.807) is 25.9 Å². The van der Waals surface area contributed by atoms with E-state index in [-0.39, 0.29) is 12.6 Å². The number of carbonyl (C=O) groups is 1. The average Bonchev–Trinajstić information content (AvgIpc) is 2.59. The largest absolute Gasteiger partial charge is 0.499 e. The summed E-state index contributed by atoms with van der Waals surface area (Å²) in [7, 11) is -0.725. The summed E-state index contributed by atoms with van der Waals surface area (Å²) in [5, 5.41) is 16.3. The Morgan fingerprint density at radius 3 is 1.73 bits per heavy atom. The molecule has 9 heteroatoms. The first kappa shape index (κ1) is 27.7. The number of phosphoric acid groups is 1. The molecule has 158 valence electrons. The van der Waals surface area contributed by atoms with Gasteiger partial charge in [-0.05, 0) is 27.4 Å². The topological polar surface area (TPSA) is 117 Å². The standard InChI is InChI=1S/C12H27O5P.C5H11NO2/c1-2-3-4-5-6-7-8-9-10-11-12-16-18(14,15)17-13;1-4(5(7)8)6(2)3/h13H,2-12H2,1H3,(H,14,15);4H,1-3H3,(H,7,8). The van der Waals surface area contributed by atoms with Crippen LogP contribution in [-0.4, -0.2) is 52.9 Å². The molecule has 0 amide bonds. The van der Waals surface area contributed by atoms with Gasteiger partial charge in [-0.3, -0.25) is 14.2 Å². The lowest BCUT2D eigenvalue weighted by Crippen LogP contribution is -2.32. The highest BCUT2D eigenvalue weighted by Gasteiger charge is 2.19. The van der Waals surface area contributed by atoms with Crippen molar-refractivity contribution in [2.24, 2.45) is 0 Å². The van der Waals surface area contributed by atoms with Crippen LogP contribution >= 0.6 is 7.82 Å². The van der Waals surface area contributed by atoms with E-state index in [2.05, 4.69) is 16.1 Å². The van der Waals surface area contributed by atoms with E-state index in [1.807, 2.05) is 0 Å².